The molecule has 1 aromatic rings. The van der Waals surface area contributed by atoms with Crippen LogP contribution in [0.2, 0.25) is 0 Å². The molecule has 1 saturated heterocycles. The molecule has 0 saturated carbocycles. The second-order valence-electron chi connectivity index (χ2n) is 5.83. The first kappa shape index (κ1) is 19.9. The summed E-state index contributed by atoms with van der Waals surface area (Å²) in [6, 6.07) is 4.67. The minimum absolute atomic E-state index is 0.181. The molecule has 0 radical (unpaired) electrons. The average Bonchev–Trinajstić information content (AvgIpc) is 2.63. The summed E-state index contributed by atoms with van der Waals surface area (Å²) >= 11 is 0. The SMILES string of the molecule is COc1cc(O[C@@H]2O[C@H](CO)[C@@H](O)[C@H](O)[C@H]2O)ccc1C[C@@H](O)CO. The van der Waals surface area contributed by atoms with Gasteiger partial charge in [-0.3, -0.25) is 0 Å². The zero-order chi connectivity index (χ0) is 18.6. The molecule has 0 amide bonds. The van der Waals surface area contributed by atoms with Gasteiger partial charge in [-0.1, -0.05) is 6.07 Å². The molecule has 0 unspecified atom stereocenters. The number of methoxy groups -OCH3 is 1. The van der Waals surface area contributed by atoms with Gasteiger partial charge in [-0.2, -0.15) is 0 Å². The van der Waals surface area contributed by atoms with Crippen molar-refractivity contribution in [3.05, 3.63) is 23.8 Å². The van der Waals surface area contributed by atoms with Crippen LogP contribution >= 0.6 is 0 Å². The third kappa shape index (κ3) is 4.59. The summed E-state index contributed by atoms with van der Waals surface area (Å²) in [7, 11) is 1.43. The highest BCUT2D eigenvalue weighted by Crippen LogP contribution is 2.29. The van der Waals surface area contributed by atoms with Gasteiger partial charge in [0, 0.05) is 12.5 Å². The summed E-state index contributed by atoms with van der Waals surface area (Å²) in [5, 5.41) is 57.2. The van der Waals surface area contributed by atoms with Crippen LogP contribution in [-0.4, -0.2) is 87.8 Å². The third-order valence-electron chi connectivity index (χ3n) is 4.03. The fraction of sp³-hybridized carbons (Fsp3) is 0.625. The molecule has 6 atom stereocenters. The van der Waals surface area contributed by atoms with Crippen molar-refractivity contribution in [1.82, 2.24) is 0 Å². The summed E-state index contributed by atoms with van der Waals surface area (Å²) in [6.07, 6.45) is -7.61. The van der Waals surface area contributed by atoms with E-state index in [9.17, 15) is 25.5 Å². The van der Waals surface area contributed by atoms with E-state index in [-0.39, 0.29) is 18.8 Å². The molecule has 2 rings (SSSR count). The molecule has 25 heavy (non-hydrogen) atoms. The van der Waals surface area contributed by atoms with Crippen LogP contribution in [0, 0.1) is 0 Å². The Labute approximate surface area is 144 Å². The van der Waals surface area contributed by atoms with Crippen LogP contribution in [0.4, 0.5) is 0 Å². The number of hydrogen-bond acceptors (Lipinski definition) is 9. The topological polar surface area (TPSA) is 149 Å². The van der Waals surface area contributed by atoms with Crippen LogP contribution in [0.3, 0.4) is 0 Å². The number of ether oxygens (including phenoxy) is 3. The quantitative estimate of drug-likeness (QED) is 0.318. The van der Waals surface area contributed by atoms with Crippen molar-refractivity contribution < 1.29 is 44.8 Å². The number of hydrogen-bond donors (Lipinski definition) is 6. The van der Waals surface area contributed by atoms with Crippen LogP contribution in [0.5, 0.6) is 11.5 Å². The lowest BCUT2D eigenvalue weighted by molar-refractivity contribution is -0.277. The highest BCUT2D eigenvalue weighted by atomic mass is 16.7. The molecule has 0 aromatic heterocycles. The molecular formula is C16H24O9. The van der Waals surface area contributed by atoms with Crippen molar-refractivity contribution in [3.8, 4) is 11.5 Å². The van der Waals surface area contributed by atoms with E-state index >= 15 is 0 Å². The lowest BCUT2D eigenvalue weighted by atomic mass is 9.99. The first-order chi connectivity index (χ1) is 11.9. The average molecular weight is 360 g/mol. The molecule has 0 bridgehead atoms. The van der Waals surface area contributed by atoms with Crippen LogP contribution in [-0.2, 0) is 11.2 Å². The summed E-state index contributed by atoms with van der Waals surface area (Å²) < 4.78 is 16.0. The molecule has 142 valence electrons. The zero-order valence-electron chi connectivity index (χ0n) is 13.7. The van der Waals surface area contributed by atoms with E-state index in [1.807, 2.05) is 0 Å². The van der Waals surface area contributed by atoms with E-state index in [1.165, 1.54) is 13.2 Å². The maximum absolute atomic E-state index is 9.98. The van der Waals surface area contributed by atoms with Gasteiger partial charge in [-0.25, -0.2) is 0 Å². The molecule has 1 aliphatic heterocycles. The van der Waals surface area contributed by atoms with E-state index in [0.29, 0.717) is 11.3 Å². The molecule has 0 aliphatic carbocycles. The van der Waals surface area contributed by atoms with Crippen LogP contribution < -0.4 is 9.47 Å². The molecule has 9 nitrogen and oxygen atoms in total. The molecule has 6 N–H and O–H groups in total. The Morgan fingerprint density at radius 1 is 1.12 bits per heavy atom. The highest BCUT2D eigenvalue weighted by molar-refractivity contribution is 5.41. The number of benzene rings is 1. The Bertz CT molecular complexity index is 550. The molecule has 0 spiro atoms. The maximum atomic E-state index is 9.98. The summed E-state index contributed by atoms with van der Waals surface area (Å²) in [5.41, 5.74) is 0.644. The van der Waals surface area contributed by atoms with Crippen LogP contribution in [0.1, 0.15) is 5.56 Å². The number of aliphatic hydroxyl groups excluding tert-OH is 6. The minimum atomic E-state index is -1.53. The van der Waals surface area contributed by atoms with Gasteiger partial charge in [0.2, 0.25) is 6.29 Å². The van der Waals surface area contributed by atoms with Crippen molar-refractivity contribution in [2.24, 2.45) is 0 Å². The standard InChI is InChI=1S/C16H24O9/c1-23-11-5-10(3-2-8(11)4-9(19)6-17)24-16-15(22)14(21)13(20)12(7-18)25-16/h2-3,5,9,12-22H,4,6-7H2,1H3/t9-,12-,13-,14+,15-,16-/m1/s1. The van der Waals surface area contributed by atoms with Crippen LogP contribution in [0.25, 0.3) is 0 Å². The molecule has 1 fully saturated rings. The van der Waals surface area contributed by atoms with Crippen molar-refractivity contribution in [2.45, 2.75) is 43.2 Å². The second kappa shape index (κ2) is 8.77. The smallest absolute Gasteiger partial charge is 0.229 e. The first-order valence-corrected chi connectivity index (χ1v) is 7.84. The van der Waals surface area contributed by atoms with E-state index in [1.54, 1.807) is 12.1 Å². The normalized spacial score (nSPS) is 30.8. The lowest BCUT2D eigenvalue weighted by Gasteiger charge is -2.39. The third-order valence-corrected chi connectivity index (χ3v) is 4.03. The van der Waals surface area contributed by atoms with E-state index in [0.717, 1.165) is 0 Å². The summed E-state index contributed by atoms with van der Waals surface area (Å²) in [4.78, 5) is 0. The Morgan fingerprint density at radius 2 is 1.84 bits per heavy atom. The lowest BCUT2D eigenvalue weighted by Crippen LogP contribution is -2.60. The molecular weight excluding hydrogens is 336 g/mol. The van der Waals surface area contributed by atoms with Gasteiger partial charge < -0.3 is 44.8 Å². The van der Waals surface area contributed by atoms with Gasteiger partial charge in [0.1, 0.15) is 35.9 Å². The Balaban J connectivity index is 2.13. The summed E-state index contributed by atoms with van der Waals surface area (Å²) in [6.45, 7) is -0.932. The van der Waals surface area contributed by atoms with E-state index in [4.69, 9.17) is 19.3 Å². The highest BCUT2D eigenvalue weighted by Gasteiger charge is 2.44. The van der Waals surface area contributed by atoms with Gasteiger partial charge in [0.05, 0.1) is 26.4 Å². The fourth-order valence-electron chi connectivity index (χ4n) is 2.58. The largest absolute Gasteiger partial charge is 0.496 e. The van der Waals surface area contributed by atoms with Crippen molar-refractivity contribution in [3.63, 3.8) is 0 Å². The maximum Gasteiger partial charge on any atom is 0.229 e. The van der Waals surface area contributed by atoms with Crippen molar-refractivity contribution in [1.29, 1.82) is 0 Å². The monoisotopic (exact) mass is 360 g/mol. The van der Waals surface area contributed by atoms with Crippen molar-refractivity contribution in [2.75, 3.05) is 20.3 Å². The Kier molecular flexibility index (Phi) is 6.96. The van der Waals surface area contributed by atoms with E-state index in [2.05, 4.69) is 0 Å². The number of rotatable bonds is 7. The predicted molar refractivity (Wildman–Crippen MR) is 84.2 cm³/mol. The Hall–Kier alpha value is -1.46. The molecule has 1 heterocycles. The predicted octanol–water partition coefficient (Wildman–Crippen LogP) is -2.23. The fourth-order valence-corrected chi connectivity index (χ4v) is 2.58. The van der Waals surface area contributed by atoms with Gasteiger partial charge in [-0.15, -0.1) is 0 Å². The Morgan fingerprint density at radius 3 is 2.44 bits per heavy atom. The van der Waals surface area contributed by atoms with E-state index < -0.39 is 43.4 Å². The van der Waals surface area contributed by atoms with Crippen molar-refractivity contribution >= 4 is 0 Å². The summed E-state index contributed by atoms with van der Waals surface area (Å²) in [5.74, 6) is 0.651. The molecule has 1 aromatic carbocycles. The first-order valence-electron chi connectivity index (χ1n) is 7.84. The van der Waals surface area contributed by atoms with Gasteiger partial charge in [0.15, 0.2) is 0 Å². The zero-order valence-corrected chi connectivity index (χ0v) is 13.7. The molecule has 1 aliphatic rings. The minimum Gasteiger partial charge on any atom is -0.496 e. The van der Waals surface area contributed by atoms with Gasteiger partial charge >= 0.3 is 0 Å². The molecule has 9 heteroatoms. The van der Waals surface area contributed by atoms with Gasteiger partial charge in [-0.05, 0) is 11.6 Å². The number of aliphatic hydroxyl groups is 6. The second-order valence-corrected chi connectivity index (χ2v) is 5.83. The van der Waals surface area contributed by atoms with Crippen LogP contribution in [0.15, 0.2) is 18.2 Å². The van der Waals surface area contributed by atoms with Gasteiger partial charge in [0.25, 0.3) is 0 Å².